The van der Waals surface area contributed by atoms with Crippen molar-refractivity contribution in [1.82, 2.24) is 0 Å². The van der Waals surface area contributed by atoms with Gasteiger partial charge in [0, 0.05) is 0 Å². The van der Waals surface area contributed by atoms with Crippen LogP contribution < -0.4 is 0 Å². The number of hydrogen-bond acceptors (Lipinski definition) is 3. The third-order valence-electron chi connectivity index (χ3n) is 3.80. The van der Waals surface area contributed by atoms with E-state index in [1.165, 1.54) is 0 Å². The van der Waals surface area contributed by atoms with E-state index in [0.717, 1.165) is 5.56 Å². The van der Waals surface area contributed by atoms with Crippen molar-refractivity contribution in [2.75, 3.05) is 0 Å². The first-order valence-corrected chi connectivity index (χ1v) is 8.29. The standard InChI is InChI=1S/C17H20O3S/c1-13-9-11-15(12-10-13)21(19,20)17(2,3)16(18)14-7-5-4-6-8-14/h4-12,16,18H,1-3H3. The Balaban J connectivity index is 2.44. The van der Waals surface area contributed by atoms with E-state index < -0.39 is 20.7 Å². The van der Waals surface area contributed by atoms with Crippen molar-refractivity contribution in [3.05, 3.63) is 65.7 Å². The summed E-state index contributed by atoms with van der Waals surface area (Å²) in [4.78, 5) is 0.230. The van der Waals surface area contributed by atoms with Gasteiger partial charge in [-0.05, 0) is 38.5 Å². The highest BCUT2D eigenvalue weighted by molar-refractivity contribution is 7.92. The molecule has 0 aliphatic carbocycles. The summed E-state index contributed by atoms with van der Waals surface area (Å²) in [5, 5.41) is 10.5. The van der Waals surface area contributed by atoms with Crippen LogP contribution >= 0.6 is 0 Å². The number of benzene rings is 2. The lowest BCUT2D eigenvalue weighted by atomic mass is 9.98. The van der Waals surface area contributed by atoms with Crippen molar-refractivity contribution < 1.29 is 13.5 Å². The molecule has 2 aromatic rings. The van der Waals surface area contributed by atoms with Crippen molar-refractivity contribution >= 4 is 9.84 Å². The van der Waals surface area contributed by atoms with E-state index in [0.29, 0.717) is 5.56 Å². The Labute approximate surface area is 126 Å². The van der Waals surface area contributed by atoms with E-state index in [2.05, 4.69) is 0 Å². The average Bonchev–Trinajstić information content (AvgIpc) is 2.47. The summed E-state index contributed by atoms with van der Waals surface area (Å²) in [6.45, 7) is 5.01. The fourth-order valence-corrected chi connectivity index (χ4v) is 3.74. The van der Waals surface area contributed by atoms with Gasteiger partial charge in [-0.2, -0.15) is 0 Å². The monoisotopic (exact) mass is 304 g/mol. The second-order valence-corrected chi connectivity index (χ2v) is 8.26. The number of hydrogen-bond donors (Lipinski definition) is 1. The van der Waals surface area contributed by atoms with Gasteiger partial charge in [0.1, 0.15) is 4.75 Å². The van der Waals surface area contributed by atoms with E-state index in [1.807, 2.05) is 13.0 Å². The molecule has 0 saturated heterocycles. The molecule has 0 spiro atoms. The Kier molecular flexibility index (Phi) is 4.21. The van der Waals surface area contributed by atoms with Crippen molar-refractivity contribution in [1.29, 1.82) is 0 Å². The first-order chi connectivity index (χ1) is 9.76. The van der Waals surface area contributed by atoms with E-state index in [1.54, 1.807) is 62.4 Å². The molecule has 0 radical (unpaired) electrons. The number of aliphatic hydroxyl groups is 1. The molecule has 112 valence electrons. The fourth-order valence-electron chi connectivity index (χ4n) is 2.20. The van der Waals surface area contributed by atoms with Crippen molar-refractivity contribution in [3.63, 3.8) is 0 Å². The van der Waals surface area contributed by atoms with Crippen LogP contribution in [0.15, 0.2) is 59.5 Å². The van der Waals surface area contributed by atoms with Gasteiger partial charge in [0.05, 0.1) is 11.0 Å². The number of sulfone groups is 1. The number of aliphatic hydroxyl groups excluding tert-OH is 1. The molecule has 0 aromatic heterocycles. The highest BCUT2D eigenvalue weighted by Gasteiger charge is 2.42. The van der Waals surface area contributed by atoms with E-state index in [4.69, 9.17) is 0 Å². The predicted molar refractivity (Wildman–Crippen MR) is 83.8 cm³/mol. The van der Waals surface area contributed by atoms with Crippen LogP contribution in [0.2, 0.25) is 0 Å². The molecule has 1 unspecified atom stereocenters. The quantitative estimate of drug-likeness (QED) is 0.943. The number of aryl methyl sites for hydroxylation is 1. The van der Waals surface area contributed by atoms with Crippen LogP contribution in [0.3, 0.4) is 0 Å². The van der Waals surface area contributed by atoms with E-state index in [9.17, 15) is 13.5 Å². The Hall–Kier alpha value is -1.65. The third kappa shape index (κ3) is 2.87. The Morgan fingerprint density at radius 1 is 0.952 bits per heavy atom. The average molecular weight is 304 g/mol. The van der Waals surface area contributed by atoms with Crippen LogP contribution in [0, 0.1) is 6.92 Å². The normalized spacial score (nSPS) is 13.9. The van der Waals surface area contributed by atoms with E-state index >= 15 is 0 Å². The van der Waals surface area contributed by atoms with Gasteiger partial charge >= 0.3 is 0 Å². The predicted octanol–water partition coefficient (Wildman–Crippen LogP) is 3.28. The zero-order valence-electron chi connectivity index (χ0n) is 12.4. The summed E-state index contributed by atoms with van der Waals surface area (Å²) in [7, 11) is -3.65. The fraction of sp³-hybridized carbons (Fsp3) is 0.294. The van der Waals surface area contributed by atoms with Gasteiger partial charge in [-0.1, -0.05) is 48.0 Å². The second-order valence-electron chi connectivity index (χ2n) is 5.73. The lowest BCUT2D eigenvalue weighted by Crippen LogP contribution is -2.38. The third-order valence-corrected chi connectivity index (χ3v) is 6.30. The molecule has 0 amide bonds. The minimum atomic E-state index is -3.65. The lowest BCUT2D eigenvalue weighted by molar-refractivity contribution is 0.139. The molecule has 1 atom stereocenters. The zero-order chi connectivity index (χ0) is 15.7. The Morgan fingerprint density at radius 3 is 2.00 bits per heavy atom. The molecule has 4 heteroatoms. The molecular formula is C17H20O3S. The van der Waals surface area contributed by atoms with Gasteiger partial charge in [0.15, 0.2) is 9.84 Å². The molecule has 0 aliphatic heterocycles. The van der Waals surface area contributed by atoms with Crippen LogP contribution in [0.1, 0.15) is 31.1 Å². The SMILES string of the molecule is Cc1ccc(S(=O)(=O)C(C)(C)C(O)c2ccccc2)cc1. The first-order valence-electron chi connectivity index (χ1n) is 6.81. The molecule has 21 heavy (non-hydrogen) atoms. The van der Waals surface area contributed by atoms with Gasteiger partial charge in [0.2, 0.25) is 0 Å². The molecule has 2 rings (SSSR count). The van der Waals surface area contributed by atoms with Crippen LogP contribution in [0.5, 0.6) is 0 Å². The molecule has 0 heterocycles. The summed E-state index contributed by atoms with van der Waals surface area (Å²) < 4.78 is 24.3. The molecule has 0 bridgehead atoms. The summed E-state index contributed by atoms with van der Waals surface area (Å²) in [5.74, 6) is 0. The largest absolute Gasteiger partial charge is 0.387 e. The summed E-state index contributed by atoms with van der Waals surface area (Å²) in [5.41, 5.74) is 1.59. The highest BCUT2D eigenvalue weighted by atomic mass is 32.2. The smallest absolute Gasteiger partial charge is 0.186 e. The van der Waals surface area contributed by atoms with Gasteiger partial charge < -0.3 is 5.11 Å². The van der Waals surface area contributed by atoms with Crippen molar-refractivity contribution in [2.24, 2.45) is 0 Å². The zero-order valence-corrected chi connectivity index (χ0v) is 13.3. The van der Waals surface area contributed by atoms with Crippen molar-refractivity contribution in [2.45, 2.75) is 36.5 Å². The van der Waals surface area contributed by atoms with E-state index in [-0.39, 0.29) is 4.90 Å². The number of rotatable bonds is 4. The molecule has 1 N–H and O–H groups in total. The maximum atomic E-state index is 12.8. The van der Waals surface area contributed by atoms with Crippen LogP contribution in [-0.4, -0.2) is 18.3 Å². The maximum absolute atomic E-state index is 12.8. The lowest BCUT2D eigenvalue weighted by Gasteiger charge is -2.30. The molecule has 2 aromatic carbocycles. The van der Waals surface area contributed by atoms with Crippen molar-refractivity contribution in [3.8, 4) is 0 Å². The first kappa shape index (κ1) is 15.7. The summed E-state index contributed by atoms with van der Waals surface area (Å²) in [6, 6.07) is 15.6. The molecular weight excluding hydrogens is 284 g/mol. The molecule has 0 aliphatic rings. The highest BCUT2D eigenvalue weighted by Crippen LogP contribution is 2.36. The van der Waals surface area contributed by atoms with Crippen LogP contribution in [0.25, 0.3) is 0 Å². The van der Waals surface area contributed by atoms with Gasteiger partial charge in [-0.3, -0.25) is 0 Å². The van der Waals surface area contributed by atoms with Crippen LogP contribution in [0.4, 0.5) is 0 Å². The Bertz CT molecular complexity index is 701. The molecule has 0 saturated carbocycles. The van der Waals surface area contributed by atoms with Crippen LogP contribution in [-0.2, 0) is 9.84 Å². The summed E-state index contributed by atoms with van der Waals surface area (Å²) >= 11 is 0. The van der Waals surface area contributed by atoms with Gasteiger partial charge in [-0.15, -0.1) is 0 Å². The topological polar surface area (TPSA) is 54.4 Å². The molecule has 3 nitrogen and oxygen atoms in total. The summed E-state index contributed by atoms with van der Waals surface area (Å²) in [6.07, 6.45) is -1.09. The molecule has 0 fully saturated rings. The van der Waals surface area contributed by atoms with Gasteiger partial charge in [0.25, 0.3) is 0 Å². The minimum absolute atomic E-state index is 0.230. The maximum Gasteiger partial charge on any atom is 0.186 e. The van der Waals surface area contributed by atoms with Gasteiger partial charge in [-0.25, -0.2) is 8.42 Å². The second kappa shape index (κ2) is 5.62. The minimum Gasteiger partial charge on any atom is -0.387 e. The Morgan fingerprint density at radius 2 is 1.48 bits per heavy atom.